The van der Waals surface area contributed by atoms with Crippen molar-refractivity contribution in [3.63, 3.8) is 0 Å². The van der Waals surface area contributed by atoms with Gasteiger partial charge in [-0.15, -0.1) is 0 Å². The quantitative estimate of drug-likeness (QED) is 0.488. The van der Waals surface area contributed by atoms with E-state index in [-0.39, 0.29) is 5.41 Å². The molecule has 1 aromatic rings. The molecule has 1 heterocycles. The van der Waals surface area contributed by atoms with E-state index in [0.29, 0.717) is 5.92 Å². The van der Waals surface area contributed by atoms with Crippen LogP contribution in [-0.4, -0.2) is 31.1 Å². The van der Waals surface area contributed by atoms with Gasteiger partial charge >= 0.3 is 0 Å². The molecule has 27 heavy (non-hydrogen) atoms. The van der Waals surface area contributed by atoms with Crippen LogP contribution in [0.4, 0.5) is 0 Å². The standard InChI is InChI=1S/C25H41NO/c1-5-6-7-14-23-17-25(3,22-13-10-15-24(16-22)27-4)20(2)18-26(23)19-21-11-8-9-12-21/h10,13,15-16,20-21,23H,5-9,11-12,14,17-19H2,1-4H3. The summed E-state index contributed by atoms with van der Waals surface area (Å²) in [5.74, 6) is 2.62. The van der Waals surface area contributed by atoms with E-state index in [0.717, 1.165) is 17.7 Å². The molecule has 0 spiro atoms. The topological polar surface area (TPSA) is 12.5 Å². The van der Waals surface area contributed by atoms with Crippen LogP contribution in [0.25, 0.3) is 0 Å². The van der Waals surface area contributed by atoms with Crippen LogP contribution >= 0.6 is 0 Å². The van der Waals surface area contributed by atoms with Crippen LogP contribution < -0.4 is 4.74 Å². The van der Waals surface area contributed by atoms with Crippen LogP contribution in [0.5, 0.6) is 5.75 Å². The molecule has 0 aromatic heterocycles. The molecule has 0 radical (unpaired) electrons. The highest BCUT2D eigenvalue weighted by molar-refractivity contribution is 5.35. The first-order valence-corrected chi connectivity index (χ1v) is 11.5. The lowest BCUT2D eigenvalue weighted by atomic mass is 9.65. The van der Waals surface area contributed by atoms with E-state index in [1.165, 1.54) is 76.4 Å². The number of benzene rings is 1. The van der Waals surface area contributed by atoms with Crippen molar-refractivity contribution in [1.29, 1.82) is 0 Å². The Balaban J connectivity index is 1.78. The molecule has 2 heteroatoms. The molecule has 3 atom stereocenters. The second-order valence-corrected chi connectivity index (χ2v) is 9.51. The highest BCUT2D eigenvalue weighted by Gasteiger charge is 2.43. The highest BCUT2D eigenvalue weighted by Crippen LogP contribution is 2.44. The molecular weight excluding hydrogens is 330 g/mol. The summed E-state index contributed by atoms with van der Waals surface area (Å²) in [4.78, 5) is 2.89. The van der Waals surface area contributed by atoms with Gasteiger partial charge in [0, 0.05) is 19.1 Å². The summed E-state index contributed by atoms with van der Waals surface area (Å²) in [6.45, 7) is 9.89. The zero-order valence-corrected chi connectivity index (χ0v) is 18.2. The second kappa shape index (κ2) is 9.45. The third-order valence-electron chi connectivity index (χ3n) is 7.61. The lowest BCUT2D eigenvalue weighted by molar-refractivity contribution is 0.0375. The molecular formula is C25H41NO. The molecule has 1 saturated carbocycles. The van der Waals surface area contributed by atoms with Gasteiger partial charge in [0.1, 0.15) is 5.75 Å². The lowest BCUT2D eigenvalue weighted by Crippen LogP contribution is -2.53. The molecule has 2 nitrogen and oxygen atoms in total. The van der Waals surface area contributed by atoms with Gasteiger partial charge in [-0.3, -0.25) is 4.90 Å². The Labute approximate surface area is 167 Å². The van der Waals surface area contributed by atoms with Crippen molar-refractivity contribution in [3.05, 3.63) is 29.8 Å². The number of ether oxygens (including phenoxy) is 1. The van der Waals surface area contributed by atoms with E-state index in [9.17, 15) is 0 Å². The lowest BCUT2D eigenvalue weighted by Gasteiger charge is -2.50. The molecule has 0 amide bonds. The minimum absolute atomic E-state index is 0.248. The fourth-order valence-corrected chi connectivity index (χ4v) is 5.57. The van der Waals surface area contributed by atoms with Crippen LogP contribution in [-0.2, 0) is 5.41 Å². The van der Waals surface area contributed by atoms with E-state index in [2.05, 4.69) is 49.9 Å². The highest BCUT2D eigenvalue weighted by atomic mass is 16.5. The monoisotopic (exact) mass is 371 g/mol. The largest absolute Gasteiger partial charge is 0.497 e. The summed E-state index contributed by atoms with van der Waals surface area (Å²) in [6, 6.07) is 9.60. The van der Waals surface area contributed by atoms with Crippen molar-refractivity contribution >= 4 is 0 Å². The summed E-state index contributed by atoms with van der Waals surface area (Å²) in [5, 5.41) is 0. The minimum atomic E-state index is 0.248. The molecule has 3 rings (SSSR count). The Hall–Kier alpha value is -1.02. The van der Waals surface area contributed by atoms with Crippen molar-refractivity contribution in [2.24, 2.45) is 11.8 Å². The van der Waals surface area contributed by atoms with Gasteiger partial charge in [0.2, 0.25) is 0 Å². The van der Waals surface area contributed by atoms with Gasteiger partial charge in [-0.1, -0.05) is 65.0 Å². The average Bonchev–Trinajstić information content (AvgIpc) is 3.19. The first-order valence-electron chi connectivity index (χ1n) is 11.5. The molecule has 2 fully saturated rings. The number of rotatable bonds is 8. The number of unbranched alkanes of at least 4 members (excludes halogenated alkanes) is 2. The van der Waals surface area contributed by atoms with E-state index in [1.54, 1.807) is 7.11 Å². The summed E-state index contributed by atoms with van der Waals surface area (Å²) in [6.07, 6.45) is 12.6. The number of hydrogen-bond acceptors (Lipinski definition) is 2. The van der Waals surface area contributed by atoms with Crippen LogP contribution in [0, 0.1) is 11.8 Å². The van der Waals surface area contributed by atoms with Crippen molar-refractivity contribution in [2.45, 2.75) is 90.0 Å². The Kier molecular flexibility index (Phi) is 7.25. The Morgan fingerprint density at radius 1 is 1.19 bits per heavy atom. The van der Waals surface area contributed by atoms with Gasteiger partial charge in [-0.2, -0.15) is 0 Å². The van der Waals surface area contributed by atoms with Gasteiger partial charge < -0.3 is 4.74 Å². The minimum Gasteiger partial charge on any atom is -0.497 e. The Morgan fingerprint density at radius 2 is 1.96 bits per heavy atom. The van der Waals surface area contributed by atoms with Crippen LogP contribution in [0.3, 0.4) is 0 Å². The number of nitrogens with zero attached hydrogens (tertiary/aromatic N) is 1. The number of methoxy groups -OCH3 is 1. The van der Waals surface area contributed by atoms with Gasteiger partial charge in [0.05, 0.1) is 7.11 Å². The number of piperidine rings is 1. The van der Waals surface area contributed by atoms with E-state index >= 15 is 0 Å². The summed E-state index contributed by atoms with van der Waals surface area (Å²) >= 11 is 0. The fraction of sp³-hybridized carbons (Fsp3) is 0.760. The number of likely N-dealkylation sites (tertiary alicyclic amines) is 1. The predicted molar refractivity (Wildman–Crippen MR) is 116 cm³/mol. The van der Waals surface area contributed by atoms with Crippen molar-refractivity contribution < 1.29 is 4.74 Å². The zero-order chi connectivity index (χ0) is 19.3. The zero-order valence-electron chi connectivity index (χ0n) is 18.2. The van der Waals surface area contributed by atoms with E-state index in [4.69, 9.17) is 4.74 Å². The SMILES string of the molecule is CCCCCC1CC(C)(c2cccc(OC)c2)C(C)CN1CC1CCCC1. The van der Waals surface area contributed by atoms with Crippen molar-refractivity contribution in [2.75, 3.05) is 20.2 Å². The molecule has 3 unspecified atom stereocenters. The molecule has 0 bridgehead atoms. The smallest absolute Gasteiger partial charge is 0.119 e. The molecule has 1 aliphatic heterocycles. The Morgan fingerprint density at radius 3 is 2.67 bits per heavy atom. The van der Waals surface area contributed by atoms with Crippen LogP contribution in [0.15, 0.2) is 24.3 Å². The van der Waals surface area contributed by atoms with Gasteiger partial charge in [0.25, 0.3) is 0 Å². The van der Waals surface area contributed by atoms with Crippen LogP contribution in [0.1, 0.15) is 84.1 Å². The maximum Gasteiger partial charge on any atom is 0.119 e. The van der Waals surface area contributed by atoms with Crippen LogP contribution in [0.2, 0.25) is 0 Å². The molecule has 152 valence electrons. The average molecular weight is 372 g/mol. The summed E-state index contributed by atoms with van der Waals surface area (Å²) in [7, 11) is 1.78. The summed E-state index contributed by atoms with van der Waals surface area (Å²) in [5.41, 5.74) is 1.72. The number of hydrogen-bond donors (Lipinski definition) is 0. The molecule has 1 aliphatic carbocycles. The summed E-state index contributed by atoms with van der Waals surface area (Å²) < 4.78 is 5.53. The van der Waals surface area contributed by atoms with E-state index in [1.807, 2.05) is 0 Å². The second-order valence-electron chi connectivity index (χ2n) is 9.51. The first-order chi connectivity index (χ1) is 13.1. The molecule has 1 aromatic carbocycles. The fourth-order valence-electron chi connectivity index (χ4n) is 5.57. The maximum atomic E-state index is 5.53. The maximum absolute atomic E-state index is 5.53. The van der Waals surface area contributed by atoms with Gasteiger partial charge in [-0.05, 0) is 60.6 Å². The normalized spacial score (nSPS) is 29.9. The van der Waals surface area contributed by atoms with E-state index < -0.39 is 0 Å². The molecule has 0 N–H and O–H groups in total. The third-order valence-corrected chi connectivity index (χ3v) is 7.61. The Bertz CT molecular complexity index is 579. The molecule has 2 aliphatic rings. The van der Waals surface area contributed by atoms with Crippen molar-refractivity contribution in [3.8, 4) is 5.75 Å². The first kappa shape index (κ1) is 20.7. The third kappa shape index (κ3) is 4.88. The predicted octanol–water partition coefficient (Wildman–Crippen LogP) is 6.43. The van der Waals surface area contributed by atoms with Gasteiger partial charge in [0.15, 0.2) is 0 Å². The van der Waals surface area contributed by atoms with Crippen molar-refractivity contribution in [1.82, 2.24) is 4.90 Å². The van der Waals surface area contributed by atoms with Gasteiger partial charge in [-0.25, -0.2) is 0 Å². The molecule has 1 saturated heterocycles.